The van der Waals surface area contributed by atoms with E-state index >= 15 is 0 Å². The van der Waals surface area contributed by atoms with E-state index in [1.54, 1.807) is 0 Å². The van der Waals surface area contributed by atoms with Crippen molar-refractivity contribution in [3.05, 3.63) is 59.8 Å². The van der Waals surface area contributed by atoms with Gasteiger partial charge in [-0.1, -0.05) is 48.5 Å². The molecule has 0 heterocycles. The lowest BCUT2D eigenvalue weighted by Gasteiger charge is -2.50. The van der Waals surface area contributed by atoms with Gasteiger partial charge in [-0.2, -0.15) is 0 Å². The van der Waals surface area contributed by atoms with Gasteiger partial charge in [-0.15, -0.1) is 6.58 Å². The molecule has 1 N–H and O–H groups in total. The maximum atomic E-state index is 12.9. The highest BCUT2D eigenvalue weighted by molar-refractivity contribution is 6.06. The molecule has 0 aromatic carbocycles. The van der Waals surface area contributed by atoms with Crippen molar-refractivity contribution < 1.29 is 9.90 Å². The van der Waals surface area contributed by atoms with E-state index in [2.05, 4.69) is 39.2 Å². The summed E-state index contributed by atoms with van der Waals surface area (Å²) in [4.78, 5) is 12.9. The first-order chi connectivity index (χ1) is 12.4. The van der Waals surface area contributed by atoms with Gasteiger partial charge in [-0.05, 0) is 69.8 Å². The molecule has 0 aromatic heterocycles. The lowest BCUT2D eigenvalue weighted by Crippen LogP contribution is -2.48. The molecule has 4 atom stereocenters. The first-order valence-electron chi connectivity index (χ1n) is 10.0. The molecule has 0 aliphatic heterocycles. The molecule has 0 aromatic rings. The van der Waals surface area contributed by atoms with Gasteiger partial charge in [0.05, 0.1) is 6.10 Å². The van der Waals surface area contributed by atoms with Gasteiger partial charge < -0.3 is 5.11 Å². The molecule has 3 aliphatic carbocycles. The summed E-state index contributed by atoms with van der Waals surface area (Å²) in [5.74, 6) is 0.711. The van der Waals surface area contributed by atoms with Gasteiger partial charge in [0.1, 0.15) is 0 Å². The van der Waals surface area contributed by atoms with Crippen LogP contribution in [0.15, 0.2) is 59.8 Å². The normalized spacial score (nSPS) is 36.2. The largest absolute Gasteiger partial charge is 0.392 e. The van der Waals surface area contributed by atoms with Gasteiger partial charge in [-0.3, -0.25) is 4.79 Å². The van der Waals surface area contributed by atoms with Gasteiger partial charge in [0, 0.05) is 11.0 Å². The number of aliphatic hydroxyl groups excluding tert-OH is 1. The summed E-state index contributed by atoms with van der Waals surface area (Å²) < 4.78 is 0. The van der Waals surface area contributed by atoms with Crippen LogP contribution in [0.3, 0.4) is 0 Å². The molecular formula is C24H32O2. The number of carbonyl (C=O) groups excluding carboxylic acids is 1. The van der Waals surface area contributed by atoms with Crippen molar-refractivity contribution in [1.29, 1.82) is 0 Å². The van der Waals surface area contributed by atoms with Gasteiger partial charge in [0.2, 0.25) is 0 Å². The maximum absolute atomic E-state index is 12.9. The fraction of sp³-hybridized carbons (Fsp3) is 0.542. The highest BCUT2D eigenvalue weighted by atomic mass is 16.3. The van der Waals surface area contributed by atoms with E-state index in [4.69, 9.17) is 0 Å². The van der Waals surface area contributed by atoms with Crippen molar-refractivity contribution in [3.63, 3.8) is 0 Å². The minimum atomic E-state index is -0.403. The maximum Gasteiger partial charge on any atom is 0.182 e. The van der Waals surface area contributed by atoms with Gasteiger partial charge in [0.15, 0.2) is 5.78 Å². The van der Waals surface area contributed by atoms with Crippen LogP contribution in [0, 0.1) is 17.3 Å². The first-order valence-corrected chi connectivity index (χ1v) is 10.0. The molecular weight excluding hydrogens is 320 g/mol. The Balaban J connectivity index is 1.96. The molecule has 2 heteroatoms. The predicted molar refractivity (Wildman–Crippen MR) is 108 cm³/mol. The summed E-state index contributed by atoms with van der Waals surface area (Å²) in [5.41, 5.74) is 4.14. The number of hydrogen-bond donors (Lipinski definition) is 1. The molecule has 1 saturated carbocycles. The Labute approximate surface area is 158 Å². The lowest BCUT2D eigenvalue weighted by molar-refractivity contribution is -0.114. The second kappa shape index (κ2) is 7.52. The van der Waals surface area contributed by atoms with Crippen LogP contribution >= 0.6 is 0 Å². The molecule has 0 unspecified atom stereocenters. The molecule has 0 amide bonds. The lowest BCUT2D eigenvalue weighted by atomic mass is 9.55. The zero-order chi connectivity index (χ0) is 18.9. The van der Waals surface area contributed by atoms with Gasteiger partial charge >= 0.3 is 0 Å². The van der Waals surface area contributed by atoms with Crippen molar-refractivity contribution in [3.8, 4) is 0 Å². The first kappa shape index (κ1) is 19.1. The molecule has 3 rings (SSSR count). The van der Waals surface area contributed by atoms with Crippen LogP contribution in [0.5, 0.6) is 0 Å². The van der Waals surface area contributed by atoms with Crippen LogP contribution in [0.4, 0.5) is 0 Å². The van der Waals surface area contributed by atoms with E-state index in [1.165, 1.54) is 11.1 Å². The third kappa shape index (κ3) is 3.20. The van der Waals surface area contributed by atoms with E-state index in [1.807, 2.05) is 12.2 Å². The Morgan fingerprint density at radius 2 is 2.15 bits per heavy atom. The molecule has 0 bridgehead atoms. The monoisotopic (exact) mass is 352 g/mol. The standard InChI is InChI=1S/C24H32O2/c1-5-13-24-17(4)21(14-18-9-11-19(12-10-18)16(2)3)22(25)15-20(24)7-6-8-23(24)26/h5,9,14-15,17,19,23,26H,1-2,6-8,10-13H2,3-4H3/b21-14+/t17-,19-,23-,24-/m0/s1. The molecule has 26 heavy (non-hydrogen) atoms. The quantitative estimate of drug-likeness (QED) is 0.538. The van der Waals surface area contributed by atoms with Gasteiger partial charge in [0.25, 0.3) is 0 Å². The van der Waals surface area contributed by atoms with E-state index in [9.17, 15) is 9.90 Å². The number of ketones is 1. The zero-order valence-electron chi connectivity index (χ0n) is 16.3. The highest BCUT2D eigenvalue weighted by Crippen LogP contribution is 2.54. The summed E-state index contributed by atoms with van der Waals surface area (Å²) in [5, 5.41) is 10.9. The molecule has 1 fully saturated rings. The minimum absolute atomic E-state index is 0.0167. The summed E-state index contributed by atoms with van der Waals surface area (Å²) in [6.45, 7) is 12.2. The Morgan fingerprint density at radius 1 is 1.38 bits per heavy atom. The van der Waals surface area contributed by atoms with Crippen LogP contribution in [0.2, 0.25) is 0 Å². The fourth-order valence-corrected chi connectivity index (χ4v) is 5.21. The Bertz CT molecular complexity index is 706. The third-order valence-electron chi connectivity index (χ3n) is 6.91. The van der Waals surface area contributed by atoms with Crippen LogP contribution in [-0.4, -0.2) is 17.0 Å². The van der Waals surface area contributed by atoms with E-state index in [0.29, 0.717) is 5.92 Å². The van der Waals surface area contributed by atoms with Crippen molar-refractivity contribution in [2.24, 2.45) is 17.3 Å². The van der Waals surface area contributed by atoms with Crippen LogP contribution in [0.1, 0.15) is 58.8 Å². The summed E-state index contributed by atoms with van der Waals surface area (Å²) in [7, 11) is 0. The topological polar surface area (TPSA) is 37.3 Å². The number of hydrogen-bond acceptors (Lipinski definition) is 2. The van der Waals surface area contributed by atoms with Crippen LogP contribution in [0.25, 0.3) is 0 Å². The van der Waals surface area contributed by atoms with Crippen molar-refractivity contribution in [2.45, 2.75) is 64.9 Å². The van der Waals surface area contributed by atoms with Crippen molar-refractivity contribution in [2.75, 3.05) is 0 Å². The number of rotatable bonds is 4. The Kier molecular flexibility index (Phi) is 5.53. The summed E-state index contributed by atoms with van der Waals surface area (Å²) >= 11 is 0. The molecule has 0 spiro atoms. The number of aliphatic hydroxyl groups is 1. The summed E-state index contributed by atoms with van der Waals surface area (Å²) in [6.07, 6.45) is 14.2. The Hall–Kier alpha value is -1.67. The van der Waals surface area contributed by atoms with E-state index in [0.717, 1.165) is 56.1 Å². The molecule has 0 saturated heterocycles. The number of fused-ring (bicyclic) bond motifs is 1. The second-order valence-corrected chi connectivity index (χ2v) is 8.39. The fourth-order valence-electron chi connectivity index (χ4n) is 5.21. The summed E-state index contributed by atoms with van der Waals surface area (Å²) in [6, 6.07) is 0. The van der Waals surface area contributed by atoms with Crippen molar-refractivity contribution >= 4 is 5.78 Å². The molecule has 3 aliphatic rings. The number of allylic oxidation sites excluding steroid dienone is 7. The Morgan fingerprint density at radius 3 is 2.77 bits per heavy atom. The minimum Gasteiger partial charge on any atom is -0.392 e. The van der Waals surface area contributed by atoms with Gasteiger partial charge in [-0.25, -0.2) is 0 Å². The zero-order valence-corrected chi connectivity index (χ0v) is 16.3. The molecule has 140 valence electrons. The average Bonchev–Trinajstić information content (AvgIpc) is 2.61. The van der Waals surface area contributed by atoms with Crippen molar-refractivity contribution in [1.82, 2.24) is 0 Å². The molecule has 0 radical (unpaired) electrons. The average molecular weight is 353 g/mol. The second-order valence-electron chi connectivity index (χ2n) is 8.39. The van der Waals surface area contributed by atoms with E-state index in [-0.39, 0.29) is 17.1 Å². The van der Waals surface area contributed by atoms with Crippen LogP contribution in [-0.2, 0) is 4.79 Å². The highest BCUT2D eigenvalue weighted by Gasteiger charge is 2.51. The van der Waals surface area contributed by atoms with Crippen LogP contribution < -0.4 is 0 Å². The predicted octanol–water partition coefficient (Wildman–Crippen LogP) is 5.47. The molecule has 2 nitrogen and oxygen atoms in total. The number of carbonyl (C=O) groups is 1. The smallest absolute Gasteiger partial charge is 0.182 e. The third-order valence-corrected chi connectivity index (χ3v) is 6.91. The SMILES string of the molecule is C=CC[C@@]12C(=CC(=O)/C(=C/C3=CC[C@H](C(=C)C)CC3)[C@@H]1C)CCC[C@@H]2O. The van der Waals surface area contributed by atoms with E-state index < -0.39 is 6.10 Å².